The molecule has 15 heavy (non-hydrogen) atoms. The molecule has 1 aromatic heterocycles. The molecule has 0 bridgehead atoms. The first-order chi connectivity index (χ1) is 7.16. The van der Waals surface area contributed by atoms with Crippen molar-refractivity contribution in [3.05, 3.63) is 22.6 Å². The lowest BCUT2D eigenvalue weighted by Gasteiger charge is -2.06. The van der Waals surface area contributed by atoms with E-state index in [1.807, 2.05) is 6.07 Å². The zero-order valence-corrected chi connectivity index (χ0v) is 10.9. The van der Waals surface area contributed by atoms with E-state index in [-0.39, 0.29) is 0 Å². The van der Waals surface area contributed by atoms with Crippen LogP contribution < -0.4 is 5.32 Å². The van der Waals surface area contributed by atoms with Crippen molar-refractivity contribution >= 4 is 15.9 Å². The summed E-state index contributed by atoms with van der Waals surface area (Å²) < 4.78 is 6.40. The fourth-order valence-corrected chi connectivity index (χ4v) is 2.23. The van der Waals surface area contributed by atoms with Crippen molar-refractivity contribution in [2.24, 2.45) is 11.8 Å². The van der Waals surface area contributed by atoms with E-state index in [1.54, 1.807) is 0 Å². The molecule has 0 aliphatic heterocycles. The first kappa shape index (κ1) is 11.2. The Bertz CT molecular complexity index is 321. The van der Waals surface area contributed by atoms with Crippen LogP contribution in [0.2, 0.25) is 0 Å². The topological polar surface area (TPSA) is 25.2 Å². The van der Waals surface area contributed by atoms with Crippen LogP contribution in [-0.4, -0.2) is 13.1 Å². The van der Waals surface area contributed by atoms with E-state index >= 15 is 0 Å². The second-order valence-electron chi connectivity index (χ2n) is 4.80. The maximum Gasteiger partial charge on any atom is 0.169 e. The predicted octanol–water partition coefficient (Wildman–Crippen LogP) is 3.39. The van der Waals surface area contributed by atoms with E-state index in [2.05, 4.69) is 41.2 Å². The minimum Gasteiger partial charge on any atom is -0.454 e. The highest BCUT2D eigenvalue weighted by atomic mass is 79.9. The monoisotopic (exact) mass is 271 g/mol. The van der Waals surface area contributed by atoms with Gasteiger partial charge in [-0.3, -0.25) is 0 Å². The van der Waals surface area contributed by atoms with Crippen LogP contribution in [0.1, 0.15) is 31.9 Å². The van der Waals surface area contributed by atoms with Gasteiger partial charge in [0.05, 0.1) is 0 Å². The van der Waals surface area contributed by atoms with Gasteiger partial charge in [0.1, 0.15) is 5.76 Å². The SMILES string of the molecule is CC(C)CNCC1CC1c1ccc(Br)o1. The molecule has 2 unspecified atom stereocenters. The summed E-state index contributed by atoms with van der Waals surface area (Å²) in [4.78, 5) is 0. The third-order valence-corrected chi connectivity index (χ3v) is 3.27. The largest absolute Gasteiger partial charge is 0.454 e. The van der Waals surface area contributed by atoms with Crippen molar-refractivity contribution in [3.8, 4) is 0 Å². The van der Waals surface area contributed by atoms with Crippen LogP contribution in [0.25, 0.3) is 0 Å². The first-order valence-electron chi connectivity index (χ1n) is 5.62. The summed E-state index contributed by atoms with van der Waals surface area (Å²) in [5, 5.41) is 3.50. The fraction of sp³-hybridized carbons (Fsp3) is 0.667. The van der Waals surface area contributed by atoms with Gasteiger partial charge in [-0.25, -0.2) is 0 Å². The van der Waals surface area contributed by atoms with Crippen LogP contribution in [0.3, 0.4) is 0 Å². The summed E-state index contributed by atoms with van der Waals surface area (Å²) in [7, 11) is 0. The van der Waals surface area contributed by atoms with Crippen molar-refractivity contribution in [3.63, 3.8) is 0 Å². The zero-order chi connectivity index (χ0) is 10.8. The van der Waals surface area contributed by atoms with E-state index in [9.17, 15) is 0 Å². The Labute approximate surface area is 99.6 Å². The molecule has 1 heterocycles. The van der Waals surface area contributed by atoms with Gasteiger partial charge in [-0.15, -0.1) is 0 Å². The third kappa shape index (κ3) is 3.08. The molecule has 3 heteroatoms. The molecule has 0 radical (unpaired) electrons. The molecule has 0 spiro atoms. The molecule has 0 aromatic carbocycles. The Kier molecular flexibility index (Phi) is 3.52. The van der Waals surface area contributed by atoms with E-state index in [1.165, 1.54) is 6.42 Å². The lowest BCUT2D eigenvalue weighted by molar-refractivity contribution is 0.474. The maximum absolute atomic E-state index is 5.55. The van der Waals surface area contributed by atoms with Gasteiger partial charge in [0.15, 0.2) is 4.67 Å². The van der Waals surface area contributed by atoms with Gasteiger partial charge in [-0.1, -0.05) is 13.8 Å². The highest BCUT2D eigenvalue weighted by Crippen LogP contribution is 2.47. The Hall–Kier alpha value is -0.280. The van der Waals surface area contributed by atoms with Crippen LogP contribution in [-0.2, 0) is 0 Å². The van der Waals surface area contributed by atoms with E-state index in [0.717, 1.165) is 35.4 Å². The smallest absolute Gasteiger partial charge is 0.169 e. The molecule has 2 nitrogen and oxygen atoms in total. The van der Waals surface area contributed by atoms with Crippen molar-refractivity contribution in [2.45, 2.75) is 26.2 Å². The number of halogens is 1. The standard InChI is InChI=1S/C12H18BrNO/c1-8(2)6-14-7-9-5-10(9)11-3-4-12(13)15-11/h3-4,8-10,14H,5-7H2,1-2H3. The molecule has 1 aromatic rings. The molecule has 2 atom stereocenters. The number of hydrogen-bond acceptors (Lipinski definition) is 2. The summed E-state index contributed by atoms with van der Waals surface area (Å²) in [6, 6.07) is 4.06. The number of nitrogens with one attached hydrogen (secondary N) is 1. The van der Waals surface area contributed by atoms with Gasteiger partial charge in [-0.2, -0.15) is 0 Å². The van der Waals surface area contributed by atoms with E-state index < -0.39 is 0 Å². The van der Waals surface area contributed by atoms with E-state index in [0.29, 0.717) is 5.92 Å². The third-order valence-electron chi connectivity index (χ3n) is 2.84. The molecule has 1 fully saturated rings. The van der Waals surface area contributed by atoms with Crippen molar-refractivity contribution in [1.29, 1.82) is 0 Å². The second kappa shape index (κ2) is 4.71. The molecule has 0 amide bonds. The van der Waals surface area contributed by atoms with Crippen LogP contribution in [0.15, 0.2) is 21.2 Å². The van der Waals surface area contributed by atoms with Crippen molar-refractivity contribution in [1.82, 2.24) is 5.32 Å². The fourth-order valence-electron chi connectivity index (χ4n) is 1.91. The summed E-state index contributed by atoms with van der Waals surface area (Å²) in [5.41, 5.74) is 0. The second-order valence-corrected chi connectivity index (χ2v) is 5.58. The minimum absolute atomic E-state index is 0.649. The van der Waals surface area contributed by atoms with Crippen LogP contribution >= 0.6 is 15.9 Å². The summed E-state index contributed by atoms with van der Waals surface area (Å²) in [6.07, 6.45) is 1.27. The Morgan fingerprint density at radius 1 is 1.53 bits per heavy atom. The lowest BCUT2D eigenvalue weighted by atomic mass is 10.2. The van der Waals surface area contributed by atoms with Gasteiger partial charge in [0, 0.05) is 5.92 Å². The molecule has 1 saturated carbocycles. The van der Waals surface area contributed by atoms with Crippen molar-refractivity contribution in [2.75, 3.05) is 13.1 Å². The van der Waals surface area contributed by atoms with Crippen LogP contribution in [0.5, 0.6) is 0 Å². The van der Waals surface area contributed by atoms with Crippen LogP contribution in [0, 0.1) is 11.8 Å². The van der Waals surface area contributed by atoms with Crippen LogP contribution in [0.4, 0.5) is 0 Å². The van der Waals surface area contributed by atoms with Gasteiger partial charge in [-0.05, 0) is 59.4 Å². The normalized spacial score (nSPS) is 24.8. The van der Waals surface area contributed by atoms with Crippen molar-refractivity contribution < 1.29 is 4.42 Å². The molecule has 1 N–H and O–H groups in total. The summed E-state index contributed by atoms with van der Waals surface area (Å²) >= 11 is 3.34. The zero-order valence-electron chi connectivity index (χ0n) is 9.29. The highest BCUT2D eigenvalue weighted by Gasteiger charge is 2.40. The molecular weight excluding hydrogens is 254 g/mol. The quantitative estimate of drug-likeness (QED) is 0.888. The molecule has 1 aliphatic carbocycles. The number of hydrogen-bond donors (Lipinski definition) is 1. The van der Waals surface area contributed by atoms with Gasteiger partial charge in [0.25, 0.3) is 0 Å². The number of rotatable bonds is 5. The maximum atomic E-state index is 5.55. The Morgan fingerprint density at radius 2 is 2.33 bits per heavy atom. The molecule has 84 valence electrons. The lowest BCUT2D eigenvalue weighted by Crippen LogP contribution is -2.22. The van der Waals surface area contributed by atoms with Gasteiger partial charge in [0.2, 0.25) is 0 Å². The molecular formula is C12H18BrNO. The molecule has 0 saturated heterocycles. The van der Waals surface area contributed by atoms with Gasteiger partial charge < -0.3 is 9.73 Å². The van der Waals surface area contributed by atoms with E-state index in [4.69, 9.17) is 4.42 Å². The Balaban J connectivity index is 1.72. The highest BCUT2D eigenvalue weighted by molar-refractivity contribution is 9.10. The molecule has 1 aliphatic rings. The summed E-state index contributed by atoms with van der Waals surface area (Å²) in [6.45, 7) is 6.72. The number of furan rings is 1. The summed E-state index contributed by atoms with van der Waals surface area (Å²) in [5.74, 6) is 3.30. The predicted molar refractivity (Wildman–Crippen MR) is 65.0 cm³/mol. The molecule has 2 rings (SSSR count). The average molecular weight is 272 g/mol. The minimum atomic E-state index is 0.649. The van der Waals surface area contributed by atoms with Gasteiger partial charge >= 0.3 is 0 Å². The Morgan fingerprint density at radius 3 is 2.93 bits per heavy atom. The average Bonchev–Trinajstić information content (AvgIpc) is 2.80. The first-order valence-corrected chi connectivity index (χ1v) is 6.42.